The Balaban J connectivity index is 4.45. The molecule has 0 fully saturated rings. The van der Waals surface area contributed by atoms with Crippen LogP contribution in [0.1, 0.15) is 13.8 Å². The smallest absolute Gasteiger partial charge is 0.342 e. The summed E-state index contributed by atoms with van der Waals surface area (Å²) >= 11 is 0. The van der Waals surface area contributed by atoms with Crippen molar-refractivity contribution >= 4 is 11.8 Å². The second-order valence-electron chi connectivity index (χ2n) is 2.59. The lowest BCUT2D eigenvalue weighted by Crippen LogP contribution is -2.32. The van der Waals surface area contributed by atoms with Crippen molar-refractivity contribution in [3.05, 3.63) is 4.91 Å². The molecule has 12 heavy (non-hydrogen) atoms. The van der Waals surface area contributed by atoms with Gasteiger partial charge < -0.3 is 4.74 Å². The highest BCUT2D eigenvalue weighted by Crippen LogP contribution is 2.04. The van der Waals surface area contributed by atoms with Crippen molar-refractivity contribution in [2.45, 2.75) is 19.9 Å². The van der Waals surface area contributed by atoms with Gasteiger partial charge in [-0.1, -0.05) is 13.8 Å². The lowest BCUT2D eigenvalue weighted by molar-refractivity contribution is -0.146. The molecule has 0 aliphatic rings. The molecule has 5 nitrogen and oxygen atoms in total. The predicted octanol–water partition coefficient (Wildman–Crippen LogP) is 0.519. The third-order valence-corrected chi connectivity index (χ3v) is 1.37. The quantitative estimate of drug-likeness (QED) is 0.353. The zero-order chi connectivity index (χ0) is 9.72. The standard InChI is InChI=1S/C7H11NO4/c1-4(2)6(9)5(8-11)7(10)12-3/h4-5H,1-3H3/t5-/m1/s1. The van der Waals surface area contributed by atoms with Crippen LogP contribution in [0.3, 0.4) is 0 Å². The van der Waals surface area contributed by atoms with Crippen LogP contribution in [0.25, 0.3) is 0 Å². The van der Waals surface area contributed by atoms with Gasteiger partial charge in [-0.25, -0.2) is 4.79 Å². The highest BCUT2D eigenvalue weighted by Gasteiger charge is 2.30. The van der Waals surface area contributed by atoms with E-state index >= 15 is 0 Å². The maximum Gasteiger partial charge on any atom is 0.342 e. The Hall–Kier alpha value is -1.26. The van der Waals surface area contributed by atoms with Gasteiger partial charge in [0.25, 0.3) is 0 Å². The SMILES string of the molecule is COC(=O)[C@H](N=O)C(=O)C(C)C. The minimum Gasteiger partial charge on any atom is -0.467 e. The number of hydrogen-bond donors (Lipinski definition) is 0. The number of ketones is 1. The Morgan fingerprint density at radius 2 is 1.83 bits per heavy atom. The van der Waals surface area contributed by atoms with Crippen LogP contribution in [0.15, 0.2) is 5.18 Å². The molecule has 0 bridgehead atoms. The molecule has 0 aromatic carbocycles. The van der Waals surface area contributed by atoms with Gasteiger partial charge in [0.1, 0.15) is 0 Å². The summed E-state index contributed by atoms with van der Waals surface area (Å²) in [6.45, 7) is 3.17. The first-order valence-electron chi connectivity index (χ1n) is 3.48. The highest BCUT2D eigenvalue weighted by atomic mass is 16.5. The number of esters is 1. The van der Waals surface area contributed by atoms with Crippen molar-refractivity contribution in [2.24, 2.45) is 11.1 Å². The van der Waals surface area contributed by atoms with Crippen molar-refractivity contribution < 1.29 is 14.3 Å². The van der Waals surface area contributed by atoms with E-state index in [4.69, 9.17) is 0 Å². The molecule has 0 unspecified atom stereocenters. The molecular formula is C7H11NO4. The van der Waals surface area contributed by atoms with Crippen molar-refractivity contribution in [3.63, 3.8) is 0 Å². The largest absolute Gasteiger partial charge is 0.467 e. The van der Waals surface area contributed by atoms with E-state index in [1.54, 1.807) is 13.8 Å². The Kier molecular flexibility index (Phi) is 4.10. The van der Waals surface area contributed by atoms with E-state index in [9.17, 15) is 14.5 Å². The maximum atomic E-state index is 11.1. The van der Waals surface area contributed by atoms with Crippen LogP contribution in [0.2, 0.25) is 0 Å². The second-order valence-corrected chi connectivity index (χ2v) is 2.59. The fraction of sp³-hybridized carbons (Fsp3) is 0.714. The number of nitrogens with zero attached hydrogens (tertiary/aromatic N) is 1. The average Bonchev–Trinajstić information content (AvgIpc) is 2.05. The van der Waals surface area contributed by atoms with Crippen LogP contribution in [-0.2, 0) is 14.3 Å². The molecule has 0 heterocycles. The third kappa shape index (κ3) is 2.41. The first-order valence-corrected chi connectivity index (χ1v) is 3.48. The lowest BCUT2D eigenvalue weighted by atomic mass is 10.0. The molecule has 68 valence electrons. The summed E-state index contributed by atoms with van der Waals surface area (Å²) in [6, 6.07) is -1.50. The van der Waals surface area contributed by atoms with Crippen molar-refractivity contribution in [1.82, 2.24) is 0 Å². The summed E-state index contributed by atoms with van der Waals surface area (Å²) in [4.78, 5) is 31.9. The fourth-order valence-electron chi connectivity index (χ4n) is 0.639. The van der Waals surface area contributed by atoms with Crippen molar-refractivity contribution in [2.75, 3.05) is 7.11 Å². The molecule has 0 radical (unpaired) electrons. The summed E-state index contributed by atoms with van der Waals surface area (Å²) in [7, 11) is 1.11. The lowest BCUT2D eigenvalue weighted by Gasteiger charge is -2.07. The maximum absolute atomic E-state index is 11.1. The average molecular weight is 173 g/mol. The Labute approximate surface area is 70.1 Å². The van der Waals surface area contributed by atoms with Crippen molar-refractivity contribution in [3.8, 4) is 0 Å². The van der Waals surface area contributed by atoms with Gasteiger partial charge in [-0.15, -0.1) is 4.91 Å². The zero-order valence-corrected chi connectivity index (χ0v) is 7.23. The molecule has 0 N–H and O–H groups in total. The van der Waals surface area contributed by atoms with E-state index in [1.807, 2.05) is 0 Å². The van der Waals surface area contributed by atoms with E-state index in [-0.39, 0.29) is 0 Å². The Morgan fingerprint density at radius 1 is 1.33 bits per heavy atom. The van der Waals surface area contributed by atoms with Gasteiger partial charge in [-0.2, -0.15) is 0 Å². The Bertz CT molecular complexity index is 200. The molecule has 0 aliphatic carbocycles. The molecule has 0 rings (SSSR count). The van der Waals surface area contributed by atoms with E-state index in [0.717, 1.165) is 7.11 Å². The van der Waals surface area contributed by atoms with E-state index in [2.05, 4.69) is 9.91 Å². The van der Waals surface area contributed by atoms with Crippen LogP contribution >= 0.6 is 0 Å². The van der Waals surface area contributed by atoms with Crippen LogP contribution < -0.4 is 0 Å². The van der Waals surface area contributed by atoms with Crippen LogP contribution in [0.4, 0.5) is 0 Å². The number of nitroso groups, excluding NO2 is 1. The first kappa shape index (κ1) is 10.7. The minimum atomic E-state index is -1.50. The minimum absolute atomic E-state index is 0.396. The van der Waals surface area contributed by atoms with Crippen molar-refractivity contribution in [1.29, 1.82) is 0 Å². The number of carbonyl (C=O) groups excluding carboxylic acids is 2. The predicted molar refractivity (Wildman–Crippen MR) is 41.4 cm³/mol. The molecule has 0 saturated heterocycles. The van der Waals surface area contributed by atoms with Gasteiger partial charge in [0.15, 0.2) is 5.78 Å². The number of Topliss-reactive ketones (excluding diaryl/α,β-unsaturated/α-hetero) is 1. The van der Waals surface area contributed by atoms with Gasteiger partial charge in [0.2, 0.25) is 6.04 Å². The molecule has 0 saturated carbocycles. The van der Waals surface area contributed by atoms with Gasteiger partial charge in [-0.3, -0.25) is 4.79 Å². The molecule has 0 aromatic heterocycles. The molecule has 0 spiro atoms. The number of ether oxygens (including phenoxy) is 1. The molecule has 0 aromatic rings. The summed E-state index contributed by atoms with van der Waals surface area (Å²) in [6.07, 6.45) is 0. The molecule has 0 aliphatic heterocycles. The number of hydrogen-bond acceptors (Lipinski definition) is 5. The van der Waals surface area contributed by atoms with Gasteiger partial charge in [0, 0.05) is 5.92 Å². The molecular weight excluding hydrogens is 162 g/mol. The zero-order valence-electron chi connectivity index (χ0n) is 7.23. The van der Waals surface area contributed by atoms with E-state index in [1.165, 1.54) is 0 Å². The van der Waals surface area contributed by atoms with Gasteiger partial charge in [0.05, 0.1) is 7.11 Å². The normalized spacial score (nSPS) is 12.3. The molecule has 5 heteroatoms. The number of methoxy groups -OCH3 is 1. The Morgan fingerprint density at radius 3 is 2.08 bits per heavy atom. The van der Waals surface area contributed by atoms with E-state index < -0.39 is 23.7 Å². The third-order valence-electron chi connectivity index (χ3n) is 1.37. The topological polar surface area (TPSA) is 72.8 Å². The van der Waals surface area contributed by atoms with Crippen LogP contribution in [-0.4, -0.2) is 24.9 Å². The fourth-order valence-corrected chi connectivity index (χ4v) is 0.639. The molecule has 1 atom stereocenters. The summed E-state index contributed by atoms with van der Waals surface area (Å²) in [5.41, 5.74) is 0. The van der Waals surface area contributed by atoms with Gasteiger partial charge in [-0.05, 0) is 5.18 Å². The van der Waals surface area contributed by atoms with Gasteiger partial charge >= 0.3 is 5.97 Å². The number of rotatable bonds is 4. The van der Waals surface area contributed by atoms with Crippen LogP contribution in [0.5, 0.6) is 0 Å². The molecule has 0 amide bonds. The van der Waals surface area contributed by atoms with E-state index in [0.29, 0.717) is 0 Å². The second kappa shape index (κ2) is 4.58. The summed E-state index contributed by atoms with van der Waals surface area (Å²) < 4.78 is 4.22. The number of carbonyl (C=O) groups is 2. The summed E-state index contributed by atoms with van der Waals surface area (Å²) in [5, 5.41) is 2.41. The summed E-state index contributed by atoms with van der Waals surface area (Å²) in [5.74, 6) is -1.81. The highest BCUT2D eigenvalue weighted by molar-refractivity contribution is 6.04. The first-order chi connectivity index (χ1) is 5.54. The van der Waals surface area contributed by atoms with Crippen LogP contribution in [0, 0.1) is 10.8 Å². The monoisotopic (exact) mass is 173 g/mol.